The van der Waals surface area contributed by atoms with Crippen LogP contribution in [0.25, 0.3) is 0 Å². The molecule has 0 aliphatic rings. The molecule has 118 valence electrons. The molecule has 0 saturated carbocycles. The minimum atomic E-state index is -0.600. The van der Waals surface area contributed by atoms with E-state index in [-0.39, 0.29) is 12.3 Å². The quantitative estimate of drug-likeness (QED) is 0.744. The number of aliphatic hydroxyl groups excluding tert-OH is 1. The van der Waals surface area contributed by atoms with Gasteiger partial charge in [0.25, 0.3) is 5.91 Å². The predicted octanol–water partition coefficient (Wildman–Crippen LogP) is 1.83. The number of aliphatic hydroxyl groups is 1. The fourth-order valence-electron chi connectivity index (χ4n) is 1.54. The van der Waals surface area contributed by atoms with Crippen LogP contribution in [0.3, 0.4) is 0 Å². The van der Waals surface area contributed by atoms with E-state index in [1.54, 1.807) is 11.6 Å². The monoisotopic (exact) mass is 340 g/mol. The average molecular weight is 340 g/mol. The Balaban J connectivity index is 1.90. The van der Waals surface area contributed by atoms with Gasteiger partial charge in [0.2, 0.25) is 5.91 Å². The summed E-state index contributed by atoms with van der Waals surface area (Å²) in [4.78, 5) is 32.4. The van der Waals surface area contributed by atoms with Gasteiger partial charge < -0.3 is 10.4 Å². The number of nitrogens with zero attached hydrogens (tertiary/aromatic N) is 2. The minimum Gasteiger partial charge on any atom is -0.387 e. The van der Waals surface area contributed by atoms with Crippen molar-refractivity contribution in [1.82, 2.24) is 9.97 Å². The number of hydrogen-bond donors (Lipinski definition) is 3. The highest BCUT2D eigenvalue weighted by Gasteiger charge is 2.12. The molecular formula is C13H16N4O3S2. The molecule has 2 aromatic rings. The molecular weight excluding hydrogens is 324 g/mol. The Morgan fingerprint density at radius 3 is 2.64 bits per heavy atom. The summed E-state index contributed by atoms with van der Waals surface area (Å²) in [5, 5.41) is 16.4. The van der Waals surface area contributed by atoms with Crippen LogP contribution in [-0.4, -0.2) is 33.5 Å². The number of hydrogen-bond acceptors (Lipinski definition) is 7. The maximum absolute atomic E-state index is 11.9. The first-order chi connectivity index (χ1) is 10.5. The number of rotatable bonds is 6. The summed E-state index contributed by atoms with van der Waals surface area (Å²) in [7, 11) is 0. The van der Waals surface area contributed by atoms with E-state index < -0.39 is 12.5 Å². The van der Waals surface area contributed by atoms with Crippen LogP contribution < -0.4 is 10.6 Å². The number of thiazole rings is 2. The van der Waals surface area contributed by atoms with Gasteiger partial charge in [-0.3, -0.25) is 14.9 Å². The molecule has 2 heterocycles. The van der Waals surface area contributed by atoms with Crippen molar-refractivity contribution in [3.63, 3.8) is 0 Å². The van der Waals surface area contributed by atoms with Crippen LogP contribution >= 0.6 is 22.7 Å². The number of amides is 2. The van der Waals surface area contributed by atoms with Crippen molar-refractivity contribution in [2.75, 3.05) is 17.2 Å². The van der Waals surface area contributed by atoms with E-state index >= 15 is 0 Å². The number of aromatic nitrogens is 2. The third kappa shape index (κ3) is 4.58. The molecule has 0 saturated heterocycles. The van der Waals surface area contributed by atoms with Crippen molar-refractivity contribution in [3.8, 4) is 0 Å². The Bertz CT molecular complexity index is 666. The average Bonchev–Trinajstić information content (AvgIpc) is 3.08. The summed E-state index contributed by atoms with van der Waals surface area (Å²) in [6.45, 7) is 3.53. The molecule has 0 spiro atoms. The molecule has 22 heavy (non-hydrogen) atoms. The maximum Gasteiger partial charge on any atom is 0.251 e. The van der Waals surface area contributed by atoms with E-state index in [0.717, 1.165) is 4.88 Å². The van der Waals surface area contributed by atoms with E-state index in [0.29, 0.717) is 21.9 Å². The van der Waals surface area contributed by atoms with Crippen LogP contribution in [0.1, 0.15) is 30.3 Å². The van der Waals surface area contributed by atoms with Gasteiger partial charge in [0.05, 0.1) is 12.1 Å². The lowest BCUT2D eigenvalue weighted by atomic mass is 10.2. The second kappa shape index (κ2) is 7.43. The van der Waals surface area contributed by atoms with Gasteiger partial charge in [0, 0.05) is 16.5 Å². The highest BCUT2D eigenvalue weighted by molar-refractivity contribution is 7.15. The highest BCUT2D eigenvalue weighted by atomic mass is 32.1. The first-order valence-electron chi connectivity index (χ1n) is 6.58. The maximum atomic E-state index is 11.9. The van der Waals surface area contributed by atoms with Crippen molar-refractivity contribution in [3.05, 3.63) is 22.1 Å². The van der Waals surface area contributed by atoms with E-state index in [4.69, 9.17) is 5.11 Å². The number of carbonyl (C=O) groups is 2. The standard InChI is InChI=1S/C13H16N4O3S2/c1-7(2)9-4-14-12(22-9)16-10(19)3-8-6-21-13(15-8)17-11(20)5-18/h4,6-7,18H,3,5H2,1-2H3,(H,14,16,19)(H,15,17,20). The van der Waals surface area contributed by atoms with Crippen LogP contribution in [0.4, 0.5) is 10.3 Å². The SMILES string of the molecule is CC(C)c1cnc(NC(=O)Cc2csc(NC(=O)CO)n2)s1. The molecule has 9 heteroatoms. The summed E-state index contributed by atoms with van der Waals surface area (Å²) in [5.41, 5.74) is 0.552. The summed E-state index contributed by atoms with van der Waals surface area (Å²) in [6, 6.07) is 0. The van der Waals surface area contributed by atoms with Gasteiger partial charge in [-0.05, 0) is 5.92 Å². The number of nitrogens with one attached hydrogen (secondary N) is 2. The van der Waals surface area contributed by atoms with Gasteiger partial charge in [0.15, 0.2) is 10.3 Å². The van der Waals surface area contributed by atoms with Crippen molar-refractivity contribution in [2.24, 2.45) is 0 Å². The molecule has 7 nitrogen and oxygen atoms in total. The third-order valence-corrected chi connectivity index (χ3v) is 4.64. The molecule has 2 rings (SSSR count). The van der Waals surface area contributed by atoms with Gasteiger partial charge in [-0.25, -0.2) is 9.97 Å². The second-order valence-electron chi connectivity index (χ2n) is 4.80. The van der Waals surface area contributed by atoms with Crippen LogP contribution in [0.2, 0.25) is 0 Å². The van der Waals surface area contributed by atoms with Crippen LogP contribution in [0, 0.1) is 0 Å². The first-order valence-corrected chi connectivity index (χ1v) is 8.28. The van der Waals surface area contributed by atoms with Gasteiger partial charge in [0.1, 0.15) is 6.61 Å². The van der Waals surface area contributed by atoms with Crippen molar-refractivity contribution >= 4 is 44.8 Å². The zero-order valence-electron chi connectivity index (χ0n) is 12.1. The first kappa shape index (κ1) is 16.5. The summed E-state index contributed by atoms with van der Waals surface area (Å²) in [5.74, 6) is -0.372. The largest absolute Gasteiger partial charge is 0.387 e. The Morgan fingerprint density at radius 2 is 2.00 bits per heavy atom. The topological polar surface area (TPSA) is 104 Å². The zero-order chi connectivity index (χ0) is 16.1. The molecule has 0 aliphatic carbocycles. The van der Waals surface area contributed by atoms with Crippen LogP contribution in [0.5, 0.6) is 0 Å². The molecule has 0 bridgehead atoms. The summed E-state index contributed by atoms with van der Waals surface area (Å²) >= 11 is 2.65. The molecule has 2 aromatic heterocycles. The normalized spacial score (nSPS) is 10.7. The van der Waals surface area contributed by atoms with Crippen molar-refractivity contribution in [1.29, 1.82) is 0 Å². The summed E-state index contributed by atoms with van der Waals surface area (Å²) < 4.78 is 0. The van der Waals surface area contributed by atoms with E-state index in [1.807, 2.05) is 0 Å². The van der Waals surface area contributed by atoms with Crippen molar-refractivity contribution < 1.29 is 14.7 Å². The van der Waals surface area contributed by atoms with Gasteiger partial charge in [-0.2, -0.15) is 0 Å². The van der Waals surface area contributed by atoms with E-state index in [9.17, 15) is 9.59 Å². The molecule has 0 unspecified atom stereocenters. The lowest BCUT2D eigenvalue weighted by Crippen LogP contribution is -2.16. The Morgan fingerprint density at radius 1 is 1.27 bits per heavy atom. The third-order valence-electron chi connectivity index (χ3n) is 2.62. The van der Waals surface area contributed by atoms with Gasteiger partial charge in [-0.1, -0.05) is 13.8 Å². The fourth-order valence-corrected chi connectivity index (χ4v) is 3.10. The Kier molecular flexibility index (Phi) is 5.58. The molecule has 0 radical (unpaired) electrons. The molecule has 0 aliphatic heterocycles. The molecule has 0 aromatic carbocycles. The molecule has 0 fully saturated rings. The minimum absolute atomic E-state index is 0.0993. The fraction of sp³-hybridized carbons (Fsp3) is 0.385. The number of anilines is 2. The van der Waals surface area contributed by atoms with Gasteiger partial charge in [-0.15, -0.1) is 22.7 Å². The van der Waals surface area contributed by atoms with Gasteiger partial charge >= 0.3 is 0 Å². The lowest BCUT2D eigenvalue weighted by molar-refractivity contribution is -0.118. The number of carbonyl (C=O) groups excluding carboxylic acids is 2. The molecule has 3 N–H and O–H groups in total. The van der Waals surface area contributed by atoms with E-state index in [1.165, 1.54) is 22.7 Å². The zero-order valence-corrected chi connectivity index (χ0v) is 13.8. The molecule has 0 atom stereocenters. The molecule has 2 amide bonds. The van der Waals surface area contributed by atoms with Crippen LogP contribution in [-0.2, 0) is 16.0 Å². The predicted molar refractivity (Wildman–Crippen MR) is 86.4 cm³/mol. The van der Waals surface area contributed by atoms with E-state index in [2.05, 4.69) is 34.4 Å². The Labute approximate surface area is 135 Å². The van der Waals surface area contributed by atoms with Crippen LogP contribution in [0.15, 0.2) is 11.6 Å². The Hall–Kier alpha value is -1.84. The lowest BCUT2D eigenvalue weighted by Gasteiger charge is -2.00. The smallest absolute Gasteiger partial charge is 0.251 e. The highest BCUT2D eigenvalue weighted by Crippen LogP contribution is 2.25. The van der Waals surface area contributed by atoms with Crippen molar-refractivity contribution in [2.45, 2.75) is 26.2 Å². The summed E-state index contributed by atoms with van der Waals surface area (Å²) in [6.07, 6.45) is 1.86. The second-order valence-corrected chi connectivity index (χ2v) is 6.72.